The van der Waals surface area contributed by atoms with Crippen LogP contribution in [0.5, 0.6) is 0 Å². The molecule has 0 aliphatic carbocycles. The molecule has 2 rings (SSSR count). The van der Waals surface area contributed by atoms with Crippen molar-refractivity contribution < 1.29 is 9.90 Å². The number of aromatic carboxylic acids is 1. The first-order valence-electron chi connectivity index (χ1n) is 5.90. The van der Waals surface area contributed by atoms with Gasteiger partial charge in [0.2, 0.25) is 0 Å². The highest BCUT2D eigenvalue weighted by Crippen LogP contribution is 2.23. The number of rotatable bonds is 6. The van der Waals surface area contributed by atoms with Gasteiger partial charge in [-0.15, -0.1) is 23.5 Å². The zero-order chi connectivity index (χ0) is 13.5. The summed E-state index contributed by atoms with van der Waals surface area (Å²) < 4.78 is 0. The van der Waals surface area contributed by atoms with Crippen molar-refractivity contribution in [1.29, 1.82) is 0 Å². The highest BCUT2D eigenvalue weighted by Gasteiger charge is 2.02. The summed E-state index contributed by atoms with van der Waals surface area (Å²) in [6.07, 6.45) is 0. The normalized spacial score (nSPS) is 10.3. The summed E-state index contributed by atoms with van der Waals surface area (Å²) in [7, 11) is 0. The lowest BCUT2D eigenvalue weighted by Gasteiger charge is -2.03. The Labute approximate surface area is 121 Å². The van der Waals surface area contributed by atoms with Crippen molar-refractivity contribution >= 4 is 29.5 Å². The molecule has 0 aromatic heterocycles. The monoisotopic (exact) mass is 290 g/mol. The molecule has 0 bridgehead atoms. The molecule has 0 saturated carbocycles. The molecular weight excluding hydrogens is 276 g/mol. The van der Waals surface area contributed by atoms with Crippen LogP contribution in [0.25, 0.3) is 0 Å². The summed E-state index contributed by atoms with van der Waals surface area (Å²) in [5.41, 5.74) is 0.336. The van der Waals surface area contributed by atoms with E-state index in [2.05, 4.69) is 12.1 Å². The van der Waals surface area contributed by atoms with Crippen molar-refractivity contribution in [3.63, 3.8) is 0 Å². The first kappa shape index (κ1) is 14.0. The third-order valence-corrected chi connectivity index (χ3v) is 4.75. The minimum absolute atomic E-state index is 0.336. The molecule has 2 nitrogen and oxygen atoms in total. The SMILES string of the molecule is O=C(O)c1ccc(SCCSc2ccccc2)cc1. The zero-order valence-corrected chi connectivity index (χ0v) is 11.9. The highest BCUT2D eigenvalue weighted by molar-refractivity contribution is 8.03. The van der Waals surface area contributed by atoms with Gasteiger partial charge in [-0.25, -0.2) is 4.79 Å². The molecule has 0 atom stereocenters. The van der Waals surface area contributed by atoms with Crippen molar-refractivity contribution in [2.24, 2.45) is 0 Å². The summed E-state index contributed by atoms with van der Waals surface area (Å²) in [4.78, 5) is 13.1. The third-order valence-electron chi connectivity index (χ3n) is 2.47. The van der Waals surface area contributed by atoms with Crippen molar-refractivity contribution in [3.8, 4) is 0 Å². The van der Waals surface area contributed by atoms with E-state index in [1.54, 1.807) is 23.9 Å². The van der Waals surface area contributed by atoms with Crippen molar-refractivity contribution in [2.75, 3.05) is 11.5 Å². The Hall–Kier alpha value is -1.39. The maximum Gasteiger partial charge on any atom is 0.335 e. The highest BCUT2D eigenvalue weighted by atomic mass is 32.2. The largest absolute Gasteiger partial charge is 0.478 e. The van der Waals surface area contributed by atoms with E-state index < -0.39 is 5.97 Å². The molecule has 4 heteroatoms. The van der Waals surface area contributed by atoms with E-state index in [0.29, 0.717) is 5.56 Å². The van der Waals surface area contributed by atoms with Gasteiger partial charge in [-0.2, -0.15) is 0 Å². The summed E-state index contributed by atoms with van der Waals surface area (Å²) in [6, 6.07) is 17.3. The second-order valence-corrected chi connectivity index (χ2v) is 6.18. The number of carboxylic acid groups (broad SMARTS) is 1. The van der Waals surface area contributed by atoms with Crippen LogP contribution in [0.3, 0.4) is 0 Å². The molecule has 0 unspecified atom stereocenters. The molecule has 0 amide bonds. The lowest BCUT2D eigenvalue weighted by Crippen LogP contribution is -1.94. The van der Waals surface area contributed by atoms with Crippen LogP contribution < -0.4 is 0 Å². The van der Waals surface area contributed by atoms with Crippen LogP contribution in [0, 0.1) is 0 Å². The van der Waals surface area contributed by atoms with Gasteiger partial charge in [0.15, 0.2) is 0 Å². The van der Waals surface area contributed by atoms with E-state index in [4.69, 9.17) is 5.11 Å². The molecule has 19 heavy (non-hydrogen) atoms. The Morgan fingerprint density at radius 3 is 1.89 bits per heavy atom. The number of hydrogen-bond donors (Lipinski definition) is 1. The summed E-state index contributed by atoms with van der Waals surface area (Å²) in [5.74, 6) is 1.16. The standard InChI is InChI=1S/C15H14O2S2/c16-15(17)12-6-8-14(9-7-12)19-11-10-18-13-4-2-1-3-5-13/h1-9H,10-11H2,(H,16,17). The van der Waals surface area contributed by atoms with Gasteiger partial charge in [-0.3, -0.25) is 0 Å². The Bertz CT molecular complexity index is 524. The number of hydrogen-bond acceptors (Lipinski definition) is 3. The van der Waals surface area contributed by atoms with Gasteiger partial charge in [0.1, 0.15) is 0 Å². The molecule has 2 aromatic carbocycles. The quantitative estimate of drug-likeness (QED) is 0.637. The minimum atomic E-state index is -0.879. The maximum absolute atomic E-state index is 10.7. The van der Waals surface area contributed by atoms with Gasteiger partial charge in [0.25, 0.3) is 0 Å². The van der Waals surface area contributed by atoms with E-state index in [0.717, 1.165) is 16.4 Å². The summed E-state index contributed by atoms with van der Waals surface area (Å²) in [5, 5.41) is 8.81. The van der Waals surface area contributed by atoms with Crippen LogP contribution in [-0.2, 0) is 0 Å². The molecule has 1 N–H and O–H groups in total. The predicted octanol–water partition coefficient (Wildman–Crippen LogP) is 4.27. The average molecular weight is 290 g/mol. The van der Waals surface area contributed by atoms with Gasteiger partial charge in [-0.1, -0.05) is 18.2 Å². The first-order chi connectivity index (χ1) is 9.25. The molecule has 0 spiro atoms. The molecule has 0 aliphatic rings. The Morgan fingerprint density at radius 2 is 1.37 bits per heavy atom. The van der Waals surface area contributed by atoms with Crippen LogP contribution in [0.4, 0.5) is 0 Å². The fourth-order valence-corrected chi connectivity index (χ4v) is 3.35. The topological polar surface area (TPSA) is 37.3 Å². The Balaban J connectivity index is 1.75. The van der Waals surface area contributed by atoms with Crippen LogP contribution in [0.2, 0.25) is 0 Å². The van der Waals surface area contributed by atoms with Gasteiger partial charge in [-0.05, 0) is 36.4 Å². The predicted molar refractivity (Wildman–Crippen MR) is 81.3 cm³/mol. The van der Waals surface area contributed by atoms with E-state index in [1.807, 2.05) is 42.1 Å². The van der Waals surface area contributed by atoms with E-state index in [1.165, 1.54) is 4.90 Å². The van der Waals surface area contributed by atoms with Gasteiger partial charge < -0.3 is 5.11 Å². The van der Waals surface area contributed by atoms with Gasteiger partial charge in [0.05, 0.1) is 5.56 Å². The van der Waals surface area contributed by atoms with E-state index >= 15 is 0 Å². The second-order valence-electron chi connectivity index (χ2n) is 3.84. The van der Waals surface area contributed by atoms with Crippen molar-refractivity contribution in [1.82, 2.24) is 0 Å². The van der Waals surface area contributed by atoms with Gasteiger partial charge >= 0.3 is 5.97 Å². The van der Waals surface area contributed by atoms with Crippen molar-refractivity contribution in [2.45, 2.75) is 9.79 Å². The second kappa shape index (κ2) is 7.26. The first-order valence-corrected chi connectivity index (χ1v) is 7.87. The lowest BCUT2D eigenvalue weighted by atomic mass is 10.2. The van der Waals surface area contributed by atoms with E-state index in [9.17, 15) is 4.79 Å². The maximum atomic E-state index is 10.7. The minimum Gasteiger partial charge on any atom is -0.478 e. The molecule has 0 saturated heterocycles. The fraction of sp³-hybridized carbons (Fsp3) is 0.133. The molecular formula is C15H14O2S2. The van der Waals surface area contributed by atoms with Gasteiger partial charge in [0, 0.05) is 21.3 Å². The summed E-state index contributed by atoms with van der Waals surface area (Å²) in [6.45, 7) is 0. The smallest absolute Gasteiger partial charge is 0.335 e. The fourth-order valence-electron chi connectivity index (χ4n) is 1.53. The molecule has 98 valence electrons. The van der Waals surface area contributed by atoms with Crippen LogP contribution in [-0.4, -0.2) is 22.6 Å². The molecule has 0 aliphatic heterocycles. The zero-order valence-electron chi connectivity index (χ0n) is 10.3. The third kappa shape index (κ3) is 4.65. The van der Waals surface area contributed by atoms with Crippen LogP contribution in [0.1, 0.15) is 10.4 Å². The summed E-state index contributed by atoms with van der Waals surface area (Å²) >= 11 is 3.58. The van der Waals surface area contributed by atoms with Crippen LogP contribution >= 0.6 is 23.5 Å². The molecule has 0 fully saturated rings. The van der Waals surface area contributed by atoms with Crippen LogP contribution in [0.15, 0.2) is 64.4 Å². The average Bonchev–Trinajstić information content (AvgIpc) is 2.45. The number of carboxylic acids is 1. The molecule has 0 radical (unpaired) electrons. The lowest BCUT2D eigenvalue weighted by molar-refractivity contribution is 0.0697. The van der Waals surface area contributed by atoms with E-state index in [-0.39, 0.29) is 0 Å². The Kier molecular flexibility index (Phi) is 5.36. The Morgan fingerprint density at radius 1 is 0.842 bits per heavy atom. The number of thioether (sulfide) groups is 2. The van der Waals surface area contributed by atoms with Crippen molar-refractivity contribution in [3.05, 3.63) is 60.2 Å². The number of carbonyl (C=O) groups is 1. The molecule has 2 aromatic rings. The molecule has 0 heterocycles. The number of benzene rings is 2.